The summed E-state index contributed by atoms with van der Waals surface area (Å²) in [6, 6.07) is 3.05. The van der Waals surface area contributed by atoms with Gasteiger partial charge in [0, 0.05) is 32.3 Å². The second-order valence-electron chi connectivity index (χ2n) is 2.86. The average molecular weight is 195 g/mol. The average Bonchev–Trinajstić information content (AvgIpc) is 2.20. The highest BCUT2D eigenvalue weighted by Crippen LogP contribution is 1.90. The summed E-state index contributed by atoms with van der Waals surface area (Å²) in [5.41, 5.74) is -0.135. The number of aromatic nitrogens is 2. The molecule has 1 aromatic rings. The van der Waals surface area contributed by atoms with E-state index in [1.54, 1.807) is 19.3 Å². The Kier molecular flexibility index (Phi) is 3.84. The first-order chi connectivity index (χ1) is 6.74. The van der Waals surface area contributed by atoms with Crippen molar-refractivity contribution in [3.8, 4) is 0 Å². The molecule has 1 rings (SSSR count). The van der Waals surface area contributed by atoms with Crippen molar-refractivity contribution >= 4 is 5.91 Å². The van der Waals surface area contributed by atoms with Crippen LogP contribution in [-0.2, 0) is 11.3 Å². The quantitative estimate of drug-likeness (QED) is 0.721. The first kappa shape index (κ1) is 10.4. The summed E-state index contributed by atoms with van der Waals surface area (Å²) in [5, 5.41) is 6.39. The molecular formula is C9H13N3O2. The van der Waals surface area contributed by atoms with E-state index in [-0.39, 0.29) is 11.5 Å². The monoisotopic (exact) mass is 195 g/mol. The molecule has 14 heavy (non-hydrogen) atoms. The Morgan fingerprint density at radius 2 is 2.43 bits per heavy atom. The minimum Gasteiger partial charge on any atom is -0.359 e. The Hall–Kier alpha value is -1.65. The van der Waals surface area contributed by atoms with E-state index in [9.17, 15) is 9.59 Å². The maximum Gasteiger partial charge on any atom is 0.266 e. The van der Waals surface area contributed by atoms with Crippen molar-refractivity contribution in [1.29, 1.82) is 0 Å². The van der Waals surface area contributed by atoms with Crippen LogP contribution in [0.2, 0.25) is 0 Å². The Morgan fingerprint density at radius 3 is 3.07 bits per heavy atom. The van der Waals surface area contributed by atoms with Gasteiger partial charge in [-0.25, -0.2) is 4.68 Å². The number of nitrogens with one attached hydrogen (secondary N) is 1. The maximum absolute atomic E-state index is 11.2. The minimum atomic E-state index is -0.135. The van der Waals surface area contributed by atoms with Crippen molar-refractivity contribution in [2.24, 2.45) is 0 Å². The number of hydrogen-bond donors (Lipinski definition) is 1. The Labute approximate surface area is 81.7 Å². The third-order valence-electron chi connectivity index (χ3n) is 1.84. The molecule has 0 unspecified atom stereocenters. The number of carbonyl (C=O) groups excluding carboxylic acids is 1. The maximum atomic E-state index is 11.2. The summed E-state index contributed by atoms with van der Waals surface area (Å²) in [6.07, 6.45) is 2.59. The van der Waals surface area contributed by atoms with E-state index in [4.69, 9.17) is 0 Å². The van der Waals surface area contributed by atoms with Gasteiger partial charge in [0.25, 0.3) is 5.56 Å². The van der Waals surface area contributed by atoms with Crippen LogP contribution in [0.1, 0.15) is 12.8 Å². The molecule has 1 heterocycles. The normalized spacial score (nSPS) is 9.79. The Balaban J connectivity index is 2.43. The molecule has 0 fully saturated rings. The second kappa shape index (κ2) is 5.16. The molecular weight excluding hydrogens is 182 g/mol. The van der Waals surface area contributed by atoms with Crippen molar-refractivity contribution in [2.45, 2.75) is 19.4 Å². The molecule has 0 aliphatic rings. The molecule has 0 aliphatic heterocycles. The standard InChI is InChI=1S/C9H13N3O2/c1-10-8(13)4-3-7-12-9(14)5-2-6-11-12/h2,5-6H,3-4,7H2,1H3,(H,10,13). The number of rotatable bonds is 4. The van der Waals surface area contributed by atoms with Crippen LogP contribution in [0.4, 0.5) is 0 Å². The topological polar surface area (TPSA) is 64.0 Å². The first-order valence-corrected chi connectivity index (χ1v) is 4.47. The summed E-state index contributed by atoms with van der Waals surface area (Å²) < 4.78 is 1.35. The van der Waals surface area contributed by atoms with Gasteiger partial charge in [0.15, 0.2) is 0 Å². The minimum absolute atomic E-state index is 0.0195. The van der Waals surface area contributed by atoms with E-state index in [0.29, 0.717) is 19.4 Å². The Bertz CT molecular complexity index is 359. The smallest absolute Gasteiger partial charge is 0.266 e. The zero-order chi connectivity index (χ0) is 10.4. The third-order valence-corrected chi connectivity index (χ3v) is 1.84. The lowest BCUT2D eigenvalue weighted by molar-refractivity contribution is -0.120. The largest absolute Gasteiger partial charge is 0.359 e. The summed E-state index contributed by atoms with van der Waals surface area (Å²) in [6.45, 7) is 0.479. The number of aryl methyl sites for hydroxylation is 1. The second-order valence-corrected chi connectivity index (χ2v) is 2.86. The van der Waals surface area contributed by atoms with E-state index in [2.05, 4.69) is 10.4 Å². The molecule has 1 N–H and O–H groups in total. The first-order valence-electron chi connectivity index (χ1n) is 4.47. The molecule has 0 radical (unpaired) electrons. The van der Waals surface area contributed by atoms with E-state index in [1.807, 2.05) is 0 Å². The highest BCUT2D eigenvalue weighted by molar-refractivity contribution is 5.75. The van der Waals surface area contributed by atoms with Gasteiger partial charge in [-0.3, -0.25) is 9.59 Å². The fourth-order valence-electron chi connectivity index (χ4n) is 1.07. The molecule has 0 aliphatic carbocycles. The van der Waals surface area contributed by atoms with Crippen LogP contribution in [-0.4, -0.2) is 22.7 Å². The number of amides is 1. The van der Waals surface area contributed by atoms with Gasteiger partial charge in [-0.2, -0.15) is 5.10 Å². The van der Waals surface area contributed by atoms with Crippen LogP contribution in [0.15, 0.2) is 23.1 Å². The molecule has 0 aromatic carbocycles. The van der Waals surface area contributed by atoms with Gasteiger partial charge in [-0.1, -0.05) is 0 Å². The Morgan fingerprint density at radius 1 is 1.64 bits per heavy atom. The fraction of sp³-hybridized carbons (Fsp3) is 0.444. The molecule has 0 spiro atoms. The van der Waals surface area contributed by atoms with E-state index >= 15 is 0 Å². The van der Waals surface area contributed by atoms with Gasteiger partial charge < -0.3 is 5.32 Å². The number of hydrogen-bond acceptors (Lipinski definition) is 3. The van der Waals surface area contributed by atoms with Crippen LogP contribution < -0.4 is 10.9 Å². The molecule has 5 heteroatoms. The van der Waals surface area contributed by atoms with Crippen LogP contribution >= 0.6 is 0 Å². The van der Waals surface area contributed by atoms with E-state index in [0.717, 1.165) is 0 Å². The van der Waals surface area contributed by atoms with Gasteiger partial charge in [0.1, 0.15) is 0 Å². The van der Waals surface area contributed by atoms with Gasteiger partial charge in [-0.15, -0.1) is 0 Å². The summed E-state index contributed by atoms with van der Waals surface area (Å²) in [7, 11) is 1.59. The molecule has 76 valence electrons. The lowest BCUT2D eigenvalue weighted by Gasteiger charge is -2.02. The van der Waals surface area contributed by atoms with Crippen LogP contribution in [0, 0.1) is 0 Å². The number of carbonyl (C=O) groups is 1. The third kappa shape index (κ3) is 3.01. The SMILES string of the molecule is CNC(=O)CCCn1ncccc1=O. The number of nitrogens with zero attached hydrogens (tertiary/aromatic N) is 2. The van der Waals surface area contributed by atoms with Crippen molar-refractivity contribution in [3.63, 3.8) is 0 Å². The van der Waals surface area contributed by atoms with E-state index in [1.165, 1.54) is 10.7 Å². The zero-order valence-electron chi connectivity index (χ0n) is 8.06. The summed E-state index contributed by atoms with van der Waals surface area (Å²) >= 11 is 0. The predicted molar refractivity (Wildman–Crippen MR) is 51.8 cm³/mol. The molecule has 5 nitrogen and oxygen atoms in total. The van der Waals surface area contributed by atoms with Crippen molar-refractivity contribution in [2.75, 3.05) is 7.05 Å². The van der Waals surface area contributed by atoms with E-state index < -0.39 is 0 Å². The van der Waals surface area contributed by atoms with Crippen molar-refractivity contribution in [1.82, 2.24) is 15.1 Å². The van der Waals surface area contributed by atoms with Crippen molar-refractivity contribution < 1.29 is 4.79 Å². The highest BCUT2D eigenvalue weighted by atomic mass is 16.1. The molecule has 0 saturated carbocycles. The van der Waals surface area contributed by atoms with Crippen LogP contribution in [0.25, 0.3) is 0 Å². The lowest BCUT2D eigenvalue weighted by atomic mass is 10.3. The highest BCUT2D eigenvalue weighted by Gasteiger charge is 1.99. The van der Waals surface area contributed by atoms with Gasteiger partial charge in [0.2, 0.25) is 5.91 Å². The van der Waals surface area contributed by atoms with Crippen LogP contribution in [0.5, 0.6) is 0 Å². The molecule has 0 atom stereocenters. The lowest BCUT2D eigenvalue weighted by Crippen LogP contribution is -2.23. The molecule has 0 saturated heterocycles. The molecule has 1 aromatic heterocycles. The molecule has 1 amide bonds. The molecule has 0 bridgehead atoms. The van der Waals surface area contributed by atoms with Gasteiger partial charge in [0.05, 0.1) is 0 Å². The fourth-order valence-corrected chi connectivity index (χ4v) is 1.07. The van der Waals surface area contributed by atoms with Gasteiger partial charge in [-0.05, 0) is 12.5 Å². The van der Waals surface area contributed by atoms with Crippen LogP contribution in [0.3, 0.4) is 0 Å². The summed E-state index contributed by atoms with van der Waals surface area (Å²) in [4.78, 5) is 22.0. The van der Waals surface area contributed by atoms with Gasteiger partial charge >= 0.3 is 0 Å². The summed E-state index contributed by atoms with van der Waals surface area (Å²) in [5.74, 6) is -0.0195. The predicted octanol–water partition coefficient (Wildman–Crippen LogP) is -0.231. The van der Waals surface area contributed by atoms with Crippen molar-refractivity contribution in [3.05, 3.63) is 28.7 Å². The zero-order valence-corrected chi connectivity index (χ0v) is 8.06.